The number of carbonyl (C=O) groups excluding carboxylic acids is 5. The van der Waals surface area contributed by atoms with Crippen molar-refractivity contribution in [2.24, 2.45) is 5.92 Å². The SMILES string of the molecule is CC(C)Nc1cc(-c2ccc3cc(C#N)cnn23)ncc1-c1nnc(N2CCC(NC(=O)C3CCN(Cc4ccc5c(c4)C(=O)N([C@@H]4CCC(=O)NC4=O)C5=O)CC3)CC2)s1. The third-order valence-corrected chi connectivity index (χ3v) is 12.9. The van der Waals surface area contributed by atoms with Crippen LogP contribution < -0.4 is 20.9 Å². The Morgan fingerprint density at radius 3 is 2.46 bits per heavy atom. The molecule has 3 N–H and O–H groups in total. The average molecular weight is 841 g/mol. The van der Waals surface area contributed by atoms with Gasteiger partial charge in [-0.15, -0.1) is 10.2 Å². The maximum atomic E-state index is 13.4. The summed E-state index contributed by atoms with van der Waals surface area (Å²) in [5.74, 6) is -2.07. The van der Waals surface area contributed by atoms with E-state index in [9.17, 15) is 29.2 Å². The summed E-state index contributed by atoms with van der Waals surface area (Å²) in [5.41, 5.74) is 6.00. The van der Waals surface area contributed by atoms with Gasteiger partial charge < -0.3 is 15.5 Å². The molecule has 0 spiro atoms. The molecule has 4 aliphatic heterocycles. The molecule has 1 atom stereocenters. The summed E-state index contributed by atoms with van der Waals surface area (Å²) in [6.45, 7) is 7.66. The van der Waals surface area contributed by atoms with Crippen molar-refractivity contribution in [1.29, 1.82) is 5.26 Å². The van der Waals surface area contributed by atoms with Crippen molar-refractivity contribution < 1.29 is 24.0 Å². The van der Waals surface area contributed by atoms with Crippen LogP contribution in [0.15, 0.2) is 54.9 Å². The van der Waals surface area contributed by atoms with E-state index in [0.717, 1.165) is 101 Å². The number of anilines is 2. The molecule has 0 saturated carbocycles. The standard InChI is InChI=1S/C43H44N12O5S/c1-24(2)47-33-19-34(35-6-4-29-17-26(20-44)21-46-55(29)35)45-22-32(33)40-50-51-43(61-40)53-15-11-28(12-16-53)48-38(57)27-9-13-52(14-10-27)23-25-3-5-30-31(18-25)42(60)54(41(30)59)36-7-8-37(56)49-39(36)58/h3-6,17-19,21-22,24,27-28,36H,7-16,23H2,1-2H3,(H,45,47)(H,48,57)(H,49,56,58)/t36-/m1/s1. The fourth-order valence-electron chi connectivity index (χ4n) is 8.66. The number of carbonyl (C=O) groups is 5. The molecule has 0 radical (unpaired) electrons. The highest BCUT2D eigenvalue weighted by Gasteiger charge is 2.44. The predicted octanol–water partition coefficient (Wildman–Crippen LogP) is 4.01. The van der Waals surface area contributed by atoms with Crippen LogP contribution in [-0.2, 0) is 20.9 Å². The Bertz CT molecular complexity index is 2620. The molecule has 0 unspecified atom stereocenters. The average Bonchev–Trinajstić information content (AvgIpc) is 3.98. The maximum absolute atomic E-state index is 13.4. The van der Waals surface area contributed by atoms with Crippen molar-refractivity contribution in [2.45, 2.75) is 77.0 Å². The third kappa shape index (κ3) is 7.93. The van der Waals surface area contributed by atoms with Crippen LogP contribution in [-0.4, -0.2) is 108 Å². The Hall–Kier alpha value is -6.58. The van der Waals surface area contributed by atoms with E-state index >= 15 is 0 Å². The van der Waals surface area contributed by atoms with Gasteiger partial charge in [-0.1, -0.05) is 17.4 Å². The second kappa shape index (κ2) is 16.5. The molecule has 61 heavy (non-hydrogen) atoms. The summed E-state index contributed by atoms with van der Waals surface area (Å²) in [6, 6.07) is 14.2. The van der Waals surface area contributed by atoms with Gasteiger partial charge in [0.15, 0.2) is 5.01 Å². The highest BCUT2D eigenvalue weighted by molar-refractivity contribution is 7.18. The van der Waals surface area contributed by atoms with E-state index in [-0.39, 0.29) is 47.9 Å². The first kappa shape index (κ1) is 39.9. The number of likely N-dealkylation sites (tertiary alicyclic amines) is 1. The van der Waals surface area contributed by atoms with E-state index in [1.165, 1.54) is 11.3 Å². The topological polar surface area (TPSA) is 211 Å². The van der Waals surface area contributed by atoms with Gasteiger partial charge in [-0.05, 0) is 101 Å². The Labute approximate surface area is 355 Å². The molecule has 8 heterocycles. The highest BCUT2D eigenvalue weighted by Crippen LogP contribution is 2.37. The van der Waals surface area contributed by atoms with Crippen molar-refractivity contribution in [3.8, 4) is 28.0 Å². The summed E-state index contributed by atoms with van der Waals surface area (Å²) in [7, 11) is 0. The first-order chi connectivity index (χ1) is 29.5. The molecule has 3 saturated heterocycles. The van der Waals surface area contributed by atoms with E-state index in [1.807, 2.05) is 30.5 Å². The monoisotopic (exact) mass is 840 g/mol. The molecule has 18 heteroatoms. The lowest BCUT2D eigenvalue weighted by molar-refractivity contribution is -0.136. The smallest absolute Gasteiger partial charge is 0.262 e. The van der Waals surface area contributed by atoms with Crippen LogP contribution >= 0.6 is 11.3 Å². The number of fused-ring (bicyclic) bond motifs is 2. The van der Waals surface area contributed by atoms with Gasteiger partial charge in [0.1, 0.15) is 12.1 Å². The number of amides is 5. The quantitative estimate of drug-likeness (QED) is 0.170. The van der Waals surface area contributed by atoms with Gasteiger partial charge in [0, 0.05) is 55.9 Å². The van der Waals surface area contributed by atoms with Crippen molar-refractivity contribution >= 4 is 57.2 Å². The van der Waals surface area contributed by atoms with E-state index < -0.39 is 29.7 Å². The Kier molecular flexibility index (Phi) is 10.8. The number of hydrogen-bond donors (Lipinski definition) is 3. The van der Waals surface area contributed by atoms with Crippen LogP contribution in [0.4, 0.5) is 10.8 Å². The number of imide groups is 2. The Morgan fingerprint density at radius 2 is 1.70 bits per heavy atom. The molecular weight excluding hydrogens is 797 g/mol. The normalized spacial score (nSPS) is 19.1. The van der Waals surface area contributed by atoms with Crippen LogP contribution in [0, 0.1) is 17.2 Å². The first-order valence-electron chi connectivity index (χ1n) is 20.6. The molecule has 5 aromatic rings. The van der Waals surface area contributed by atoms with E-state index in [4.69, 9.17) is 4.98 Å². The molecule has 3 fully saturated rings. The van der Waals surface area contributed by atoms with Gasteiger partial charge in [0.25, 0.3) is 11.8 Å². The third-order valence-electron chi connectivity index (χ3n) is 11.9. The molecule has 5 amide bonds. The largest absolute Gasteiger partial charge is 0.382 e. The number of nitriles is 1. The minimum Gasteiger partial charge on any atom is -0.382 e. The molecule has 0 aliphatic carbocycles. The molecule has 1 aromatic carbocycles. The Morgan fingerprint density at radius 1 is 0.918 bits per heavy atom. The predicted molar refractivity (Wildman–Crippen MR) is 225 cm³/mol. The zero-order valence-electron chi connectivity index (χ0n) is 33.8. The fraction of sp³-hybridized carbons (Fsp3) is 0.395. The van der Waals surface area contributed by atoms with Crippen LogP contribution in [0.1, 0.15) is 84.2 Å². The molecule has 0 bridgehead atoms. The van der Waals surface area contributed by atoms with Gasteiger partial charge in [-0.2, -0.15) is 10.4 Å². The number of rotatable bonds is 10. The van der Waals surface area contributed by atoms with E-state index in [2.05, 4.69) is 61.0 Å². The van der Waals surface area contributed by atoms with Gasteiger partial charge >= 0.3 is 0 Å². The summed E-state index contributed by atoms with van der Waals surface area (Å²) >= 11 is 1.52. The number of hydrogen-bond acceptors (Lipinski definition) is 14. The summed E-state index contributed by atoms with van der Waals surface area (Å²) in [5, 5.41) is 33.5. The molecule has 17 nitrogen and oxygen atoms in total. The molecule has 312 valence electrons. The molecule has 4 aromatic heterocycles. The number of nitrogens with zero attached hydrogens (tertiary/aromatic N) is 9. The number of piperidine rings is 3. The van der Waals surface area contributed by atoms with Crippen molar-refractivity contribution in [2.75, 3.05) is 36.4 Å². The Balaban J connectivity index is 0.765. The van der Waals surface area contributed by atoms with Crippen molar-refractivity contribution in [3.05, 3.63) is 77.1 Å². The number of nitrogens with one attached hydrogen (secondary N) is 3. The van der Waals surface area contributed by atoms with Gasteiger partial charge in [0.2, 0.25) is 22.9 Å². The van der Waals surface area contributed by atoms with Gasteiger partial charge in [0.05, 0.1) is 45.4 Å². The highest BCUT2D eigenvalue weighted by atomic mass is 32.1. The second-order valence-electron chi connectivity index (χ2n) is 16.4. The number of aromatic nitrogens is 5. The lowest BCUT2D eigenvalue weighted by Gasteiger charge is -2.34. The summed E-state index contributed by atoms with van der Waals surface area (Å²) in [4.78, 5) is 74.1. The number of benzene rings is 1. The minimum atomic E-state index is -0.996. The molecular formula is C43H44N12O5S. The zero-order chi connectivity index (χ0) is 42.4. The first-order valence-corrected chi connectivity index (χ1v) is 21.5. The molecule has 4 aliphatic rings. The van der Waals surface area contributed by atoms with E-state index in [1.54, 1.807) is 28.9 Å². The van der Waals surface area contributed by atoms with Gasteiger partial charge in [-0.25, -0.2) is 4.52 Å². The number of pyridine rings is 1. The summed E-state index contributed by atoms with van der Waals surface area (Å²) in [6.07, 6.45) is 6.58. The maximum Gasteiger partial charge on any atom is 0.262 e. The van der Waals surface area contributed by atoms with Gasteiger partial charge in [-0.3, -0.25) is 44.1 Å². The zero-order valence-corrected chi connectivity index (χ0v) is 34.6. The van der Waals surface area contributed by atoms with Crippen molar-refractivity contribution in [3.63, 3.8) is 0 Å². The second-order valence-corrected chi connectivity index (χ2v) is 17.3. The lowest BCUT2D eigenvalue weighted by Crippen LogP contribution is -2.54. The fourth-order valence-corrected chi connectivity index (χ4v) is 9.59. The van der Waals surface area contributed by atoms with Crippen LogP contribution in [0.3, 0.4) is 0 Å². The van der Waals surface area contributed by atoms with Crippen LogP contribution in [0.2, 0.25) is 0 Å². The van der Waals surface area contributed by atoms with Crippen molar-refractivity contribution in [1.82, 2.24) is 45.2 Å². The van der Waals surface area contributed by atoms with E-state index in [0.29, 0.717) is 12.1 Å². The van der Waals surface area contributed by atoms with Crippen LogP contribution in [0.5, 0.6) is 0 Å². The molecule has 9 rings (SSSR count). The minimum absolute atomic E-state index is 0.0734. The van der Waals surface area contributed by atoms with Crippen LogP contribution in [0.25, 0.3) is 27.5 Å². The summed E-state index contributed by atoms with van der Waals surface area (Å²) < 4.78 is 1.78. The lowest BCUT2D eigenvalue weighted by atomic mass is 9.94.